The van der Waals surface area contributed by atoms with Crippen LogP contribution >= 0.6 is 0 Å². The molecule has 1 saturated heterocycles. The summed E-state index contributed by atoms with van der Waals surface area (Å²) in [5, 5.41) is 2.79. The van der Waals surface area contributed by atoms with E-state index in [1.165, 1.54) is 7.11 Å². The summed E-state index contributed by atoms with van der Waals surface area (Å²) in [6.45, 7) is 4.15. The van der Waals surface area contributed by atoms with Gasteiger partial charge in [-0.2, -0.15) is 0 Å². The fourth-order valence-electron chi connectivity index (χ4n) is 1.56. The van der Waals surface area contributed by atoms with Crippen LogP contribution in [0.3, 0.4) is 0 Å². The van der Waals surface area contributed by atoms with E-state index in [1.54, 1.807) is 0 Å². The molecule has 0 saturated carbocycles. The Hall–Kier alpha value is -0.770. The normalized spacial score (nSPS) is 24.0. The van der Waals surface area contributed by atoms with E-state index in [-0.39, 0.29) is 12.3 Å². The maximum Gasteiger partial charge on any atom is 0.408 e. The first-order valence-corrected chi connectivity index (χ1v) is 4.36. The number of likely N-dealkylation sites (tertiary alicyclic amines) is 1. The molecule has 1 unspecified atom stereocenters. The van der Waals surface area contributed by atoms with Crippen LogP contribution in [-0.2, 0) is 4.74 Å². The minimum Gasteiger partial charge on any atom is -0.453 e. The van der Waals surface area contributed by atoms with Crippen LogP contribution in [0.1, 0.15) is 19.8 Å². The monoisotopic (exact) mass is 172 g/mol. The first kappa shape index (κ1) is 9.32. The number of methoxy groups -OCH3 is 1. The van der Waals surface area contributed by atoms with E-state index in [0.29, 0.717) is 0 Å². The molecule has 0 spiro atoms. The summed E-state index contributed by atoms with van der Waals surface area (Å²) in [5.41, 5.74) is 0. The molecule has 1 atom stereocenters. The average molecular weight is 172 g/mol. The zero-order chi connectivity index (χ0) is 8.97. The third kappa shape index (κ3) is 2.11. The largest absolute Gasteiger partial charge is 0.453 e. The Morgan fingerprint density at radius 2 is 2.50 bits per heavy atom. The molecule has 70 valence electrons. The fraction of sp³-hybridized carbons (Fsp3) is 0.875. The van der Waals surface area contributed by atoms with Gasteiger partial charge in [-0.1, -0.05) is 6.92 Å². The summed E-state index contributed by atoms with van der Waals surface area (Å²) < 4.78 is 4.53. The summed E-state index contributed by atoms with van der Waals surface area (Å²) in [4.78, 5) is 13.1. The topological polar surface area (TPSA) is 41.6 Å². The van der Waals surface area contributed by atoms with Crippen molar-refractivity contribution in [3.63, 3.8) is 0 Å². The molecule has 4 nitrogen and oxygen atoms in total. The van der Waals surface area contributed by atoms with Crippen LogP contribution in [0.25, 0.3) is 0 Å². The van der Waals surface area contributed by atoms with Gasteiger partial charge in [0.1, 0.15) is 0 Å². The minimum atomic E-state index is -0.333. The maximum absolute atomic E-state index is 10.9. The number of carbonyl (C=O) groups excluding carboxylic acids is 1. The molecular weight excluding hydrogens is 156 g/mol. The van der Waals surface area contributed by atoms with Gasteiger partial charge < -0.3 is 10.1 Å². The predicted octanol–water partition coefficient (Wildman–Crippen LogP) is 0.784. The first-order valence-electron chi connectivity index (χ1n) is 4.36. The van der Waals surface area contributed by atoms with Crippen molar-refractivity contribution < 1.29 is 9.53 Å². The van der Waals surface area contributed by atoms with Gasteiger partial charge in [0.05, 0.1) is 13.3 Å². The van der Waals surface area contributed by atoms with Crippen LogP contribution in [-0.4, -0.2) is 37.4 Å². The van der Waals surface area contributed by atoms with E-state index in [2.05, 4.69) is 21.9 Å². The molecule has 0 aliphatic carbocycles. The number of hydrogen-bond acceptors (Lipinski definition) is 3. The van der Waals surface area contributed by atoms with Gasteiger partial charge >= 0.3 is 6.09 Å². The molecule has 1 rings (SSSR count). The van der Waals surface area contributed by atoms with Crippen molar-refractivity contribution in [2.24, 2.45) is 0 Å². The molecule has 1 fully saturated rings. The van der Waals surface area contributed by atoms with Crippen molar-refractivity contribution in [1.29, 1.82) is 0 Å². The number of ether oxygens (including phenoxy) is 1. The van der Waals surface area contributed by atoms with Gasteiger partial charge in [0.25, 0.3) is 0 Å². The number of hydrogen-bond donors (Lipinski definition) is 1. The lowest BCUT2D eigenvalue weighted by molar-refractivity contribution is 0.148. The van der Waals surface area contributed by atoms with Crippen molar-refractivity contribution in [2.75, 3.05) is 20.2 Å². The van der Waals surface area contributed by atoms with Crippen molar-refractivity contribution in [3.05, 3.63) is 0 Å². The van der Waals surface area contributed by atoms with Crippen LogP contribution < -0.4 is 5.32 Å². The molecule has 1 heterocycles. The Kier molecular flexibility index (Phi) is 3.34. The number of amides is 1. The molecule has 0 aromatic carbocycles. The quantitative estimate of drug-likeness (QED) is 0.669. The minimum absolute atomic E-state index is 0.183. The van der Waals surface area contributed by atoms with E-state index in [9.17, 15) is 4.79 Å². The predicted molar refractivity (Wildman–Crippen MR) is 45.8 cm³/mol. The van der Waals surface area contributed by atoms with Crippen LogP contribution in [0, 0.1) is 0 Å². The van der Waals surface area contributed by atoms with Crippen molar-refractivity contribution in [1.82, 2.24) is 10.2 Å². The summed E-state index contributed by atoms with van der Waals surface area (Å²) in [6, 6.07) is 0. The molecule has 1 aliphatic rings. The summed E-state index contributed by atoms with van der Waals surface area (Å²) in [6.07, 6.45) is 2.04. The van der Waals surface area contributed by atoms with Crippen LogP contribution in [0.2, 0.25) is 0 Å². The Morgan fingerprint density at radius 3 is 3.08 bits per heavy atom. The van der Waals surface area contributed by atoms with Crippen LogP contribution in [0.5, 0.6) is 0 Å². The Bertz CT molecular complexity index is 161. The number of nitrogens with zero attached hydrogens (tertiary/aromatic N) is 1. The zero-order valence-electron chi connectivity index (χ0n) is 7.67. The molecule has 4 heteroatoms. The summed E-state index contributed by atoms with van der Waals surface area (Å²) in [5.74, 6) is 0. The molecule has 1 N–H and O–H groups in total. The molecule has 0 bridgehead atoms. The lowest BCUT2D eigenvalue weighted by Gasteiger charge is -2.22. The van der Waals surface area contributed by atoms with Gasteiger partial charge in [-0.3, -0.25) is 4.90 Å². The highest BCUT2D eigenvalue weighted by molar-refractivity contribution is 5.67. The highest BCUT2D eigenvalue weighted by Gasteiger charge is 2.24. The highest BCUT2D eigenvalue weighted by Crippen LogP contribution is 2.13. The molecule has 0 aromatic heterocycles. The molecule has 0 radical (unpaired) electrons. The maximum atomic E-state index is 10.9. The van der Waals surface area contributed by atoms with Gasteiger partial charge in [-0.05, 0) is 19.4 Å². The van der Waals surface area contributed by atoms with Gasteiger partial charge in [-0.15, -0.1) is 0 Å². The number of alkyl carbamates (subject to hydrolysis) is 1. The molecular formula is C8H16N2O2. The van der Waals surface area contributed by atoms with E-state index in [4.69, 9.17) is 0 Å². The second-order valence-corrected chi connectivity index (χ2v) is 2.92. The molecule has 1 aliphatic heterocycles. The van der Waals surface area contributed by atoms with Gasteiger partial charge in [0, 0.05) is 6.54 Å². The summed E-state index contributed by atoms with van der Waals surface area (Å²) >= 11 is 0. The SMILES string of the molecule is CCN1CCCC1NC(=O)OC. The Morgan fingerprint density at radius 1 is 1.75 bits per heavy atom. The van der Waals surface area contributed by atoms with E-state index in [1.807, 2.05) is 0 Å². The smallest absolute Gasteiger partial charge is 0.408 e. The first-order chi connectivity index (χ1) is 5.77. The number of rotatable bonds is 2. The standard InChI is InChI=1S/C8H16N2O2/c1-3-10-6-4-5-7(10)9-8(11)12-2/h7H,3-6H2,1-2H3,(H,9,11). The van der Waals surface area contributed by atoms with Crippen molar-refractivity contribution >= 4 is 6.09 Å². The van der Waals surface area contributed by atoms with Gasteiger partial charge in [-0.25, -0.2) is 4.79 Å². The zero-order valence-corrected chi connectivity index (χ0v) is 7.67. The van der Waals surface area contributed by atoms with Gasteiger partial charge in [0.2, 0.25) is 0 Å². The second kappa shape index (κ2) is 4.30. The van der Waals surface area contributed by atoms with Crippen LogP contribution in [0.4, 0.5) is 4.79 Å². The lowest BCUT2D eigenvalue weighted by Crippen LogP contribution is -2.44. The van der Waals surface area contributed by atoms with E-state index >= 15 is 0 Å². The lowest BCUT2D eigenvalue weighted by atomic mass is 10.3. The molecule has 0 aromatic rings. The highest BCUT2D eigenvalue weighted by atomic mass is 16.5. The van der Waals surface area contributed by atoms with Gasteiger partial charge in [0.15, 0.2) is 0 Å². The molecule has 12 heavy (non-hydrogen) atoms. The Labute approximate surface area is 72.9 Å². The number of nitrogens with one attached hydrogen (secondary N) is 1. The van der Waals surface area contributed by atoms with E-state index < -0.39 is 0 Å². The summed E-state index contributed by atoms with van der Waals surface area (Å²) in [7, 11) is 1.39. The molecule has 1 amide bonds. The average Bonchev–Trinajstić information content (AvgIpc) is 2.51. The van der Waals surface area contributed by atoms with Crippen LogP contribution in [0.15, 0.2) is 0 Å². The fourth-order valence-corrected chi connectivity index (χ4v) is 1.56. The third-order valence-electron chi connectivity index (χ3n) is 2.24. The second-order valence-electron chi connectivity index (χ2n) is 2.92. The van der Waals surface area contributed by atoms with Crippen molar-refractivity contribution in [3.8, 4) is 0 Å². The number of carbonyl (C=O) groups is 1. The Balaban J connectivity index is 2.35. The van der Waals surface area contributed by atoms with Crippen molar-refractivity contribution in [2.45, 2.75) is 25.9 Å². The third-order valence-corrected chi connectivity index (χ3v) is 2.24. The van der Waals surface area contributed by atoms with E-state index in [0.717, 1.165) is 25.9 Å².